The van der Waals surface area contributed by atoms with Crippen molar-refractivity contribution in [2.75, 3.05) is 19.7 Å². The van der Waals surface area contributed by atoms with Gasteiger partial charge in [-0.15, -0.1) is 0 Å². The van der Waals surface area contributed by atoms with Gasteiger partial charge in [-0.1, -0.05) is 36.4 Å². The van der Waals surface area contributed by atoms with Gasteiger partial charge < -0.3 is 15.0 Å². The number of ether oxygens (including phenoxy) is 1. The third-order valence-corrected chi connectivity index (χ3v) is 4.32. The molecule has 2 amide bonds. The number of benzene rings is 1. The van der Waals surface area contributed by atoms with E-state index in [0.717, 1.165) is 6.42 Å². The van der Waals surface area contributed by atoms with Gasteiger partial charge in [0.15, 0.2) is 6.61 Å². The van der Waals surface area contributed by atoms with Crippen molar-refractivity contribution in [3.63, 3.8) is 0 Å². The second kappa shape index (κ2) is 7.29. The van der Waals surface area contributed by atoms with Crippen molar-refractivity contribution in [2.45, 2.75) is 25.3 Å². The summed E-state index contributed by atoms with van der Waals surface area (Å²) in [4.78, 5) is 36.7. The number of carbonyl (C=O) groups is 3. The Morgan fingerprint density at radius 1 is 1.21 bits per heavy atom. The maximum atomic E-state index is 12.2. The van der Waals surface area contributed by atoms with Crippen LogP contribution < -0.4 is 5.32 Å². The Balaban J connectivity index is 1.48. The minimum absolute atomic E-state index is 0.155. The van der Waals surface area contributed by atoms with Crippen molar-refractivity contribution in [2.24, 2.45) is 0 Å². The molecule has 6 heteroatoms. The quantitative estimate of drug-likeness (QED) is 0.841. The van der Waals surface area contributed by atoms with E-state index in [1.807, 2.05) is 24.3 Å². The third kappa shape index (κ3) is 3.82. The summed E-state index contributed by atoms with van der Waals surface area (Å²) in [6.07, 6.45) is 3.57. The highest BCUT2D eigenvalue weighted by atomic mass is 16.5. The van der Waals surface area contributed by atoms with Crippen LogP contribution in [0.4, 0.5) is 0 Å². The van der Waals surface area contributed by atoms with Crippen molar-refractivity contribution >= 4 is 23.4 Å². The molecule has 1 atom stereocenters. The number of hydrogen-bond acceptors (Lipinski definition) is 4. The summed E-state index contributed by atoms with van der Waals surface area (Å²) in [6, 6.07) is 9.46. The van der Waals surface area contributed by atoms with E-state index in [1.165, 1.54) is 11.1 Å². The van der Waals surface area contributed by atoms with Crippen LogP contribution in [0.5, 0.6) is 0 Å². The lowest BCUT2D eigenvalue weighted by atomic mass is 10.00. The summed E-state index contributed by atoms with van der Waals surface area (Å²) in [5.74, 6) is -0.902. The van der Waals surface area contributed by atoms with Crippen LogP contribution >= 0.6 is 0 Å². The van der Waals surface area contributed by atoms with Crippen LogP contribution in [0.1, 0.15) is 24.8 Å². The molecule has 24 heavy (non-hydrogen) atoms. The molecule has 1 N–H and O–H groups in total. The summed E-state index contributed by atoms with van der Waals surface area (Å²) in [6.45, 7) is 0.845. The third-order valence-electron chi connectivity index (χ3n) is 4.32. The minimum Gasteiger partial charge on any atom is -0.454 e. The number of hydrogen-bond donors (Lipinski definition) is 1. The zero-order valence-corrected chi connectivity index (χ0v) is 13.4. The van der Waals surface area contributed by atoms with E-state index in [9.17, 15) is 14.4 Å². The van der Waals surface area contributed by atoms with Crippen LogP contribution in [0.3, 0.4) is 0 Å². The molecule has 0 unspecified atom stereocenters. The lowest BCUT2D eigenvalue weighted by Crippen LogP contribution is -2.40. The summed E-state index contributed by atoms with van der Waals surface area (Å²) >= 11 is 0. The largest absolute Gasteiger partial charge is 0.454 e. The maximum Gasteiger partial charge on any atom is 0.329 e. The van der Waals surface area contributed by atoms with Crippen molar-refractivity contribution in [3.8, 4) is 0 Å². The number of carbonyl (C=O) groups excluding carboxylic acids is 3. The molecule has 0 radical (unpaired) electrons. The molecule has 0 aromatic heterocycles. The predicted octanol–water partition coefficient (Wildman–Crippen LogP) is 1.12. The molecule has 1 aromatic rings. The molecule has 1 saturated heterocycles. The van der Waals surface area contributed by atoms with Gasteiger partial charge in [0.2, 0.25) is 5.91 Å². The Labute approximate surface area is 140 Å². The summed E-state index contributed by atoms with van der Waals surface area (Å²) in [5, 5.41) is 2.53. The van der Waals surface area contributed by atoms with Gasteiger partial charge in [-0.05, 0) is 24.0 Å². The molecule has 6 nitrogen and oxygen atoms in total. The summed E-state index contributed by atoms with van der Waals surface area (Å²) in [5.41, 5.74) is 2.40. The minimum atomic E-state index is -0.615. The standard InChI is InChI=1S/C18H20N2O4/c21-16-7-6-15(19-16)18(23)24-12-17(22)20-10-8-14(9-11-20)13-4-2-1-3-5-13/h1-5,8,15H,6-7,9-12H2,(H,19,21)/t15-/m1/s1. The summed E-state index contributed by atoms with van der Waals surface area (Å²) < 4.78 is 5.04. The zero-order valence-electron chi connectivity index (χ0n) is 13.4. The first-order valence-electron chi connectivity index (χ1n) is 8.12. The van der Waals surface area contributed by atoms with Crippen LogP contribution in [-0.4, -0.2) is 48.4 Å². The van der Waals surface area contributed by atoms with Gasteiger partial charge in [-0.2, -0.15) is 0 Å². The normalized spacial score (nSPS) is 20.3. The molecule has 0 bridgehead atoms. The van der Waals surface area contributed by atoms with Gasteiger partial charge in [0.25, 0.3) is 5.91 Å². The van der Waals surface area contributed by atoms with E-state index in [1.54, 1.807) is 4.90 Å². The second-order valence-corrected chi connectivity index (χ2v) is 5.95. The molecule has 1 aromatic carbocycles. The van der Waals surface area contributed by atoms with Crippen LogP contribution in [0.15, 0.2) is 36.4 Å². The fraction of sp³-hybridized carbons (Fsp3) is 0.389. The van der Waals surface area contributed by atoms with Crippen LogP contribution in [0, 0.1) is 0 Å². The predicted molar refractivity (Wildman–Crippen MR) is 87.7 cm³/mol. The van der Waals surface area contributed by atoms with E-state index < -0.39 is 12.0 Å². The Morgan fingerprint density at radius 2 is 2.00 bits per heavy atom. The Hall–Kier alpha value is -2.63. The van der Waals surface area contributed by atoms with Gasteiger partial charge in [-0.25, -0.2) is 4.79 Å². The molecule has 3 rings (SSSR count). The first-order chi connectivity index (χ1) is 11.6. The number of nitrogens with one attached hydrogen (secondary N) is 1. The Kier molecular flexibility index (Phi) is 4.93. The van der Waals surface area contributed by atoms with Gasteiger partial charge in [-0.3, -0.25) is 9.59 Å². The van der Waals surface area contributed by atoms with Crippen molar-refractivity contribution < 1.29 is 19.1 Å². The van der Waals surface area contributed by atoms with Crippen molar-refractivity contribution in [3.05, 3.63) is 42.0 Å². The van der Waals surface area contributed by atoms with E-state index >= 15 is 0 Å². The number of amides is 2. The SMILES string of the molecule is O=C1CC[C@H](C(=O)OCC(=O)N2CC=C(c3ccccc3)CC2)N1. The molecule has 0 spiro atoms. The fourth-order valence-corrected chi connectivity index (χ4v) is 2.93. The number of nitrogens with zero attached hydrogens (tertiary/aromatic N) is 1. The van der Waals surface area contributed by atoms with Gasteiger partial charge >= 0.3 is 5.97 Å². The van der Waals surface area contributed by atoms with E-state index in [2.05, 4.69) is 17.4 Å². The zero-order chi connectivity index (χ0) is 16.9. The number of esters is 1. The van der Waals surface area contributed by atoms with Crippen LogP contribution in [0.2, 0.25) is 0 Å². The molecular formula is C18H20N2O4. The van der Waals surface area contributed by atoms with E-state index in [0.29, 0.717) is 25.9 Å². The first-order valence-corrected chi connectivity index (χ1v) is 8.12. The maximum absolute atomic E-state index is 12.2. The Bertz CT molecular complexity index is 669. The lowest BCUT2D eigenvalue weighted by Gasteiger charge is -2.26. The highest BCUT2D eigenvalue weighted by Gasteiger charge is 2.29. The molecule has 2 aliphatic rings. The highest BCUT2D eigenvalue weighted by Crippen LogP contribution is 2.22. The highest BCUT2D eigenvalue weighted by molar-refractivity contribution is 5.89. The molecule has 2 aliphatic heterocycles. The Morgan fingerprint density at radius 3 is 2.62 bits per heavy atom. The molecule has 0 saturated carbocycles. The van der Waals surface area contributed by atoms with Gasteiger partial charge in [0.05, 0.1) is 0 Å². The lowest BCUT2D eigenvalue weighted by molar-refractivity contribution is -0.153. The van der Waals surface area contributed by atoms with Gasteiger partial charge in [0, 0.05) is 19.5 Å². The summed E-state index contributed by atoms with van der Waals surface area (Å²) in [7, 11) is 0. The van der Waals surface area contributed by atoms with E-state index in [4.69, 9.17) is 4.74 Å². The van der Waals surface area contributed by atoms with Gasteiger partial charge in [0.1, 0.15) is 6.04 Å². The van der Waals surface area contributed by atoms with Crippen LogP contribution in [-0.2, 0) is 19.1 Å². The molecule has 1 fully saturated rings. The van der Waals surface area contributed by atoms with E-state index in [-0.39, 0.29) is 18.4 Å². The smallest absolute Gasteiger partial charge is 0.329 e. The second-order valence-electron chi connectivity index (χ2n) is 5.95. The monoisotopic (exact) mass is 328 g/mol. The van der Waals surface area contributed by atoms with Crippen molar-refractivity contribution in [1.29, 1.82) is 0 Å². The molecule has 126 valence electrons. The molecule has 0 aliphatic carbocycles. The average Bonchev–Trinajstić information content (AvgIpc) is 3.07. The fourth-order valence-electron chi connectivity index (χ4n) is 2.93. The van der Waals surface area contributed by atoms with Crippen molar-refractivity contribution in [1.82, 2.24) is 10.2 Å². The number of rotatable bonds is 4. The topological polar surface area (TPSA) is 75.7 Å². The average molecular weight is 328 g/mol. The first kappa shape index (κ1) is 16.2. The van der Waals surface area contributed by atoms with Crippen LogP contribution in [0.25, 0.3) is 5.57 Å². The molecule has 2 heterocycles. The molecular weight excluding hydrogens is 308 g/mol.